The summed E-state index contributed by atoms with van der Waals surface area (Å²) in [6.45, 7) is 6.81. The summed E-state index contributed by atoms with van der Waals surface area (Å²) in [6, 6.07) is 30.9. The van der Waals surface area contributed by atoms with Gasteiger partial charge in [-0.05, 0) is 98.0 Å². The molecule has 0 amide bonds. The van der Waals surface area contributed by atoms with Gasteiger partial charge in [-0.2, -0.15) is 0 Å². The minimum Gasteiger partial charge on any atom is -0.508 e. The van der Waals surface area contributed by atoms with Crippen LogP contribution in [-0.2, 0) is 18.3 Å². The molecule has 1 aliphatic rings. The Morgan fingerprint density at radius 2 is 1.60 bits per heavy atom. The number of piperidine rings is 1. The monoisotopic (exact) mass is 647 g/mol. The van der Waals surface area contributed by atoms with Crippen LogP contribution in [0.15, 0.2) is 102 Å². The fraction of sp³-hybridized carbons (Fsp3) is 0.325. The summed E-state index contributed by atoms with van der Waals surface area (Å²) in [5, 5.41) is 35.9. The van der Waals surface area contributed by atoms with E-state index in [4.69, 9.17) is 4.74 Å². The van der Waals surface area contributed by atoms with Crippen molar-refractivity contribution in [2.45, 2.75) is 44.1 Å². The number of likely N-dealkylation sites (tertiary alicyclic amines) is 1. The third-order valence-electron chi connectivity index (χ3n) is 9.84. The topological polar surface area (TPSA) is 118 Å². The molecule has 6 rings (SSSR count). The molecular formula is C40H45N3O5. The van der Waals surface area contributed by atoms with E-state index in [1.54, 1.807) is 12.1 Å². The molecule has 1 aliphatic heterocycles. The number of aromatic amines is 1. The molecule has 0 radical (unpaired) electrons. The number of nitrogens with zero attached hydrogens (tertiary/aromatic N) is 1. The summed E-state index contributed by atoms with van der Waals surface area (Å²) >= 11 is 0. The van der Waals surface area contributed by atoms with Gasteiger partial charge in [0.2, 0.25) is 5.56 Å². The van der Waals surface area contributed by atoms with Crippen molar-refractivity contribution in [3.8, 4) is 17.2 Å². The molecule has 0 bridgehead atoms. The van der Waals surface area contributed by atoms with Gasteiger partial charge in [0.05, 0.1) is 18.2 Å². The molecule has 1 atom stereocenters. The Balaban J connectivity index is 1.01. The number of hydrogen-bond donors (Lipinski definition) is 5. The molecular weight excluding hydrogens is 602 g/mol. The lowest BCUT2D eigenvalue weighted by Crippen LogP contribution is -2.43. The van der Waals surface area contributed by atoms with Crippen LogP contribution in [0.25, 0.3) is 10.9 Å². The van der Waals surface area contributed by atoms with Gasteiger partial charge in [-0.1, -0.05) is 67.6 Å². The lowest BCUT2D eigenvalue weighted by molar-refractivity contribution is 0.176. The van der Waals surface area contributed by atoms with E-state index in [0.717, 1.165) is 67.8 Å². The van der Waals surface area contributed by atoms with Crippen LogP contribution in [0.5, 0.6) is 17.2 Å². The Kier molecular flexibility index (Phi) is 10.4. The van der Waals surface area contributed by atoms with Crippen molar-refractivity contribution in [3.63, 3.8) is 0 Å². The van der Waals surface area contributed by atoms with Gasteiger partial charge in [-0.15, -0.1) is 0 Å². The number of aromatic hydroxyl groups is 2. The number of benzene rings is 4. The molecule has 48 heavy (non-hydrogen) atoms. The van der Waals surface area contributed by atoms with Gasteiger partial charge in [-0.3, -0.25) is 4.79 Å². The van der Waals surface area contributed by atoms with Gasteiger partial charge >= 0.3 is 0 Å². The number of nitrogens with one attached hydrogen (secondary N) is 2. The van der Waals surface area contributed by atoms with E-state index in [1.807, 2.05) is 24.3 Å². The van der Waals surface area contributed by atoms with E-state index in [1.165, 1.54) is 17.7 Å². The zero-order valence-electron chi connectivity index (χ0n) is 27.5. The van der Waals surface area contributed by atoms with Crippen LogP contribution < -0.4 is 15.6 Å². The predicted molar refractivity (Wildman–Crippen MR) is 190 cm³/mol. The summed E-state index contributed by atoms with van der Waals surface area (Å²) in [7, 11) is 0. The number of phenols is 2. The Morgan fingerprint density at radius 1 is 0.875 bits per heavy atom. The number of fused-ring (bicyclic) bond motifs is 1. The standard InChI is InChI=1S/C40H45N3O5/c1-2-43-23-20-40(21-24-43,30-6-4-3-5-7-30)34-26-29(10-15-35(34)44)19-25-48-31-11-8-28(9-12-31)18-22-41-27-37(46)32-13-16-36(45)39-33(32)14-17-38(47)42-39/h3-17,26,37,41,44-46H,2,18-25,27H2,1H3,(H,42,47)/t37-/m0/s1. The highest BCUT2D eigenvalue weighted by Gasteiger charge is 2.39. The van der Waals surface area contributed by atoms with Crippen LogP contribution in [0.4, 0.5) is 0 Å². The molecule has 8 nitrogen and oxygen atoms in total. The van der Waals surface area contributed by atoms with Crippen LogP contribution in [0.1, 0.15) is 53.7 Å². The lowest BCUT2D eigenvalue weighted by atomic mass is 9.67. The number of hydrogen-bond acceptors (Lipinski definition) is 7. The molecule has 0 aliphatic carbocycles. The Hall–Kier alpha value is -4.63. The normalized spacial score (nSPS) is 15.4. The largest absolute Gasteiger partial charge is 0.508 e. The molecule has 4 aromatic carbocycles. The molecule has 0 saturated carbocycles. The highest BCUT2D eigenvalue weighted by Crippen LogP contribution is 2.45. The van der Waals surface area contributed by atoms with Crippen molar-refractivity contribution in [1.82, 2.24) is 15.2 Å². The van der Waals surface area contributed by atoms with E-state index in [9.17, 15) is 20.1 Å². The van der Waals surface area contributed by atoms with Crippen molar-refractivity contribution in [2.75, 3.05) is 39.3 Å². The minimum atomic E-state index is -0.794. The highest BCUT2D eigenvalue weighted by atomic mass is 16.5. The van der Waals surface area contributed by atoms with Crippen LogP contribution >= 0.6 is 0 Å². The average molecular weight is 648 g/mol. The number of H-pyrrole nitrogens is 1. The summed E-state index contributed by atoms with van der Waals surface area (Å²) in [6.07, 6.45) is 2.67. The molecule has 8 heteroatoms. The fourth-order valence-electron chi connectivity index (χ4n) is 7.01. The average Bonchev–Trinajstić information content (AvgIpc) is 3.12. The van der Waals surface area contributed by atoms with Crippen molar-refractivity contribution >= 4 is 10.9 Å². The highest BCUT2D eigenvalue weighted by molar-refractivity contribution is 5.87. The molecule has 0 spiro atoms. The molecule has 1 aromatic heterocycles. The second-order valence-corrected chi connectivity index (χ2v) is 12.7. The smallest absolute Gasteiger partial charge is 0.248 e. The molecule has 1 saturated heterocycles. The zero-order chi connectivity index (χ0) is 33.5. The maximum absolute atomic E-state index is 11.7. The first-order chi connectivity index (χ1) is 23.4. The summed E-state index contributed by atoms with van der Waals surface area (Å²) in [5.74, 6) is 1.15. The molecule has 250 valence electrons. The fourth-order valence-corrected chi connectivity index (χ4v) is 7.01. The third-order valence-corrected chi connectivity index (χ3v) is 9.84. The first kappa shape index (κ1) is 33.3. The summed E-state index contributed by atoms with van der Waals surface area (Å²) in [4.78, 5) is 16.8. The van der Waals surface area contributed by atoms with Crippen LogP contribution in [0.2, 0.25) is 0 Å². The van der Waals surface area contributed by atoms with Crippen LogP contribution in [-0.4, -0.2) is 64.5 Å². The van der Waals surface area contributed by atoms with E-state index in [-0.39, 0.29) is 16.7 Å². The number of pyridine rings is 1. The molecule has 0 unspecified atom stereocenters. The Morgan fingerprint density at radius 3 is 2.35 bits per heavy atom. The molecule has 1 fully saturated rings. The number of rotatable bonds is 13. The lowest BCUT2D eigenvalue weighted by Gasteiger charge is -2.43. The third kappa shape index (κ3) is 7.41. The number of phenolic OH excluding ortho intramolecular Hbond substituents is 2. The van der Waals surface area contributed by atoms with E-state index in [0.29, 0.717) is 41.9 Å². The number of ether oxygens (including phenoxy) is 1. The second-order valence-electron chi connectivity index (χ2n) is 12.7. The zero-order valence-corrected chi connectivity index (χ0v) is 27.5. The van der Waals surface area contributed by atoms with Gasteiger partial charge in [0, 0.05) is 35.4 Å². The van der Waals surface area contributed by atoms with Gasteiger partial charge in [0.1, 0.15) is 17.2 Å². The SMILES string of the molecule is CCN1CCC(c2ccccc2)(c2cc(CCOc3ccc(CCNC[C@H](O)c4ccc(O)c5[nH]c(=O)ccc45)cc3)ccc2O)CC1. The van der Waals surface area contributed by atoms with Crippen LogP contribution in [0, 0.1) is 0 Å². The van der Waals surface area contributed by atoms with Gasteiger partial charge in [0.25, 0.3) is 0 Å². The Labute approximate surface area is 281 Å². The first-order valence-electron chi connectivity index (χ1n) is 16.9. The van der Waals surface area contributed by atoms with Crippen molar-refractivity contribution in [3.05, 3.63) is 135 Å². The number of aliphatic hydroxyl groups is 1. The number of aromatic nitrogens is 1. The van der Waals surface area contributed by atoms with Crippen LogP contribution in [0.3, 0.4) is 0 Å². The maximum atomic E-state index is 11.7. The Bertz CT molecular complexity index is 1860. The summed E-state index contributed by atoms with van der Waals surface area (Å²) < 4.78 is 6.12. The van der Waals surface area contributed by atoms with E-state index < -0.39 is 6.10 Å². The van der Waals surface area contributed by atoms with Gasteiger partial charge < -0.3 is 35.3 Å². The first-order valence-corrected chi connectivity index (χ1v) is 16.9. The predicted octanol–water partition coefficient (Wildman–Crippen LogP) is 5.83. The van der Waals surface area contributed by atoms with Gasteiger partial charge in [-0.25, -0.2) is 0 Å². The second kappa shape index (κ2) is 15.1. The molecule has 2 heterocycles. The van der Waals surface area contributed by atoms with E-state index in [2.05, 4.69) is 70.7 Å². The van der Waals surface area contributed by atoms with E-state index >= 15 is 0 Å². The maximum Gasteiger partial charge on any atom is 0.248 e. The summed E-state index contributed by atoms with van der Waals surface area (Å²) in [5.41, 5.74) is 5.03. The minimum absolute atomic E-state index is 0.0244. The van der Waals surface area contributed by atoms with Gasteiger partial charge in [0.15, 0.2) is 0 Å². The quantitative estimate of drug-likeness (QED) is 0.102. The van der Waals surface area contributed by atoms with Crippen molar-refractivity contribution in [2.24, 2.45) is 0 Å². The van der Waals surface area contributed by atoms with Crippen molar-refractivity contribution < 1.29 is 20.1 Å². The molecule has 5 N–H and O–H groups in total. The van der Waals surface area contributed by atoms with Crippen molar-refractivity contribution in [1.29, 1.82) is 0 Å². The molecule has 5 aromatic rings. The number of aliphatic hydroxyl groups excluding tert-OH is 1.